The lowest BCUT2D eigenvalue weighted by atomic mass is 9.84. The number of cyclic esters (lactones) is 1. The van der Waals surface area contributed by atoms with Crippen LogP contribution >= 0.6 is 0 Å². The molecule has 4 aromatic rings. The molecular weight excluding hydrogens is 699 g/mol. The second kappa shape index (κ2) is 14.7. The first-order valence-electron chi connectivity index (χ1n) is 19.5. The maximum Gasteiger partial charge on any atom is 0.324 e. The van der Waals surface area contributed by atoms with Gasteiger partial charge in [0.15, 0.2) is 0 Å². The fraction of sp³-hybridized carbons (Fsp3) is 0.488. The lowest BCUT2D eigenvalue weighted by molar-refractivity contribution is -0.155. The highest BCUT2D eigenvalue weighted by Gasteiger charge is 2.58. The van der Waals surface area contributed by atoms with Crippen LogP contribution in [0.25, 0.3) is 33.3 Å². The number of aromatic nitrogens is 2. The van der Waals surface area contributed by atoms with E-state index in [-0.39, 0.29) is 54.4 Å². The third-order valence-electron chi connectivity index (χ3n) is 11.9. The second-order valence-electron chi connectivity index (χ2n) is 16.4. The topological polar surface area (TPSA) is 144 Å². The lowest BCUT2D eigenvalue weighted by Gasteiger charge is -2.35. The molecule has 1 unspecified atom stereocenters. The van der Waals surface area contributed by atoms with Crippen LogP contribution in [0.15, 0.2) is 54.7 Å². The molecule has 55 heavy (non-hydrogen) atoms. The van der Waals surface area contributed by atoms with Crippen molar-refractivity contribution in [3.63, 3.8) is 0 Å². The number of pyridine rings is 1. The van der Waals surface area contributed by atoms with Crippen molar-refractivity contribution in [1.29, 1.82) is 0 Å². The van der Waals surface area contributed by atoms with Gasteiger partial charge >= 0.3 is 5.97 Å². The van der Waals surface area contributed by atoms with Gasteiger partial charge in [0, 0.05) is 60.6 Å². The molecule has 3 aliphatic heterocycles. The molecule has 4 aliphatic rings. The van der Waals surface area contributed by atoms with Crippen LogP contribution in [0.3, 0.4) is 0 Å². The molecule has 0 radical (unpaired) electrons. The minimum absolute atomic E-state index is 0.0639. The number of methoxy groups -OCH3 is 1. The van der Waals surface area contributed by atoms with Gasteiger partial charge in [0.05, 0.1) is 37.3 Å². The summed E-state index contributed by atoms with van der Waals surface area (Å²) < 4.78 is 19.7. The number of phenolic OH excluding ortho intramolecular Hbond substituents is 1. The van der Waals surface area contributed by atoms with Crippen molar-refractivity contribution in [2.24, 2.45) is 23.2 Å². The van der Waals surface area contributed by atoms with Crippen molar-refractivity contribution in [2.75, 3.05) is 33.5 Å². The van der Waals surface area contributed by atoms with Crippen molar-refractivity contribution >= 4 is 28.7 Å². The van der Waals surface area contributed by atoms with Crippen LogP contribution < -0.4 is 10.7 Å². The van der Waals surface area contributed by atoms with Gasteiger partial charge in [-0.15, -0.1) is 0 Å². The van der Waals surface area contributed by atoms with Crippen LogP contribution in [0.4, 0.5) is 0 Å². The summed E-state index contributed by atoms with van der Waals surface area (Å²) in [4.78, 5) is 46.3. The third-order valence-corrected chi connectivity index (χ3v) is 11.9. The highest BCUT2D eigenvalue weighted by molar-refractivity contribution is 5.95. The number of nitrogens with zero attached hydrogens (tertiary/aromatic N) is 3. The van der Waals surface area contributed by atoms with E-state index in [9.17, 15) is 19.5 Å². The van der Waals surface area contributed by atoms with Gasteiger partial charge in [-0.1, -0.05) is 26.0 Å². The van der Waals surface area contributed by atoms with E-state index in [2.05, 4.69) is 60.3 Å². The molecule has 0 spiro atoms. The molecule has 2 amide bonds. The fourth-order valence-electron chi connectivity index (χ4n) is 8.96. The van der Waals surface area contributed by atoms with Crippen molar-refractivity contribution in [3.05, 3.63) is 71.5 Å². The predicted octanol–water partition coefficient (Wildman–Crippen LogP) is 5.34. The van der Waals surface area contributed by atoms with Gasteiger partial charge in [0.1, 0.15) is 17.8 Å². The fourth-order valence-corrected chi connectivity index (χ4v) is 8.96. The molecule has 2 aromatic carbocycles. The van der Waals surface area contributed by atoms with Gasteiger partial charge in [-0.2, -0.15) is 0 Å². The molecule has 12 heteroatoms. The monoisotopic (exact) mass is 749 g/mol. The summed E-state index contributed by atoms with van der Waals surface area (Å²) in [5.41, 5.74) is 10.0. The maximum atomic E-state index is 14.3. The highest BCUT2D eigenvalue weighted by atomic mass is 16.5. The number of hydrazine groups is 1. The largest absolute Gasteiger partial charge is 0.508 e. The zero-order valence-corrected chi connectivity index (χ0v) is 32.3. The molecule has 2 saturated heterocycles. The van der Waals surface area contributed by atoms with Crippen LogP contribution in [0.5, 0.6) is 5.75 Å². The van der Waals surface area contributed by atoms with Gasteiger partial charge in [0.2, 0.25) is 5.91 Å². The summed E-state index contributed by atoms with van der Waals surface area (Å²) in [5.74, 6) is -0.692. The smallest absolute Gasteiger partial charge is 0.324 e. The Bertz CT molecular complexity index is 2130. The number of phenols is 1. The van der Waals surface area contributed by atoms with Crippen molar-refractivity contribution in [3.8, 4) is 28.1 Å². The number of aryl methyl sites for hydroxylation is 1. The number of rotatable bonds is 6. The van der Waals surface area contributed by atoms with Gasteiger partial charge < -0.3 is 29.2 Å². The third kappa shape index (κ3) is 7.11. The Hall–Kier alpha value is -4.78. The van der Waals surface area contributed by atoms with Gasteiger partial charge in [-0.05, 0) is 104 Å². The zero-order chi connectivity index (χ0) is 38.6. The number of carbonyl (C=O) groups excluding carboxylic acids is 3. The van der Waals surface area contributed by atoms with Crippen LogP contribution in [-0.2, 0) is 48.0 Å². The number of nitrogens with one attached hydrogen (secondary N) is 2. The first-order valence-corrected chi connectivity index (χ1v) is 19.5. The molecule has 8 rings (SSSR count). The van der Waals surface area contributed by atoms with Gasteiger partial charge in [-0.25, -0.2) is 5.43 Å². The van der Waals surface area contributed by atoms with Gasteiger partial charge in [-0.3, -0.25) is 24.4 Å². The number of fused-ring (bicyclic) bond motifs is 7. The molecule has 2 aromatic heterocycles. The number of amides is 2. The quantitative estimate of drug-likeness (QED) is 0.223. The minimum atomic E-state index is -0.928. The summed E-state index contributed by atoms with van der Waals surface area (Å²) in [6, 6.07) is 14.1. The van der Waals surface area contributed by atoms with Gasteiger partial charge in [0.25, 0.3) is 5.91 Å². The summed E-state index contributed by atoms with van der Waals surface area (Å²) in [6.45, 7) is 10.7. The Morgan fingerprint density at radius 1 is 1.13 bits per heavy atom. The van der Waals surface area contributed by atoms with Crippen LogP contribution in [0.1, 0.15) is 63.5 Å². The molecular formula is C43H51N5O7. The maximum absolute atomic E-state index is 14.3. The highest BCUT2D eigenvalue weighted by Crippen LogP contribution is 2.51. The van der Waals surface area contributed by atoms with E-state index in [4.69, 9.17) is 19.2 Å². The number of ether oxygens (including phenoxy) is 3. The van der Waals surface area contributed by atoms with E-state index in [1.807, 2.05) is 19.1 Å². The normalized spacial score (nSPS) is 25.5. The average molecular weight is 750 g/mol. The number of hydrogen-bond acceptors (Lipinski definition) is 9. The van der Waals surface area contributed by atoms with Crippen molar-refractivity contribution < 1.29 is 33.7 Å². The van der Waals surface area contributed by atoms with E-state index in [0.717, 1.165) is 44.5 Å². The Morgan fingerprint density at radius 2 is 1.93 bits per heavy atom. The van der Waals surface area contributed by atoms with E-state index in [1.54, 1.807) is 25.4 Å². The molecule has 1 saturated carbocycles. The number of aromatic hydroxyl groups is 1. The molecule has 3 fully saturated rings. The standard InChI is InChI=1S/C43H51N5O7/c1-6-47-36-12-11-26-19-30(36)31(39(47)29-9-7-13-44-38(29)24(2)53-5)20-43(3,4)23-55-42(52)34-10-8-14-48(46-34)41(51)35(17-25-15-27(26)18-28(49)16-25)45-40(50)37-32-21-54-22-33(32)37/h7,9,11-13,15-16,18-19,24,32-35,37,46,49H,6,8,10,14,17,20-23H2,1-5H3,(H,45,50)/t24-,32-,33+,34-,35-,37?/m0/s1. The summed E-state index contributed by atoms with van der Waals surface area (Å²) in [5, 5.41) is 16.7. The first kappa shape index (κ1) is 37.2. The van der Waals surface area contributed by atoms with Crippen molar-refractivity contribution in [2.45, 2.75) is 78.1 Å². The number of hydrogen-bond donors (Lipinski definition) is 3. The van der Waals surface area contributed by atoms with E-state index >= 15 is 0 Å². The van der Waals surface area contributed by atoms with E-state index < -0.39 is 23.5 Å². The van der Waals surface area contributed by atoms with E-state index in [0.29, 0.717) is 51.1 Å². The predicted molar refractivity (Wildman–Crippen MR) is 207 cm³/mol. The molecule has 290 valence electrons. The molecule has 12 nitrogen and oxygen atoms in total. The van der Waals surface area contributed by atoms with E-state index in [1.165, 1.54) is 5.01 Å². The molecule has 3 N–H and O–H groups in total. The van der Waals surface area contributed by atoms with Crippen LogP contribution in [0.2, 0.25) is 0 Å². The van der Waals surface area contributed by atoms with Crippen LogP contribution in [0, 0.1) is 23.2 Å². The molecule has 6 bridgehead atoms. The van der Waals surface area contributed by atoms with Crippen LogP contribution in [-0.4, -0.2) is 83.0 Å². The lowest BCUT2D eigenvalue weighted by Crippen LogP contribution is -2.60. The number of esters is 1. The summed E-state index contributed by atoms with van der Waals surface area (Å²) in [6.07, 6.45) is 3.39. The summed E-state index contributed by atoms with van der Waals surface area (Å²) >= 11 is 0. The Morgan fingerprint density at radius 3 is 2.69 bits per heavy atom. The first-order chi connectivity index (χ1) is 26.5. The Balaban J connectivity index is 1.26. The van der Waals surface area contributed by atoms with Crippen molar-refractivity contribution in [1.82, 2.24) is 25.3 Å². The molecule has 5 heterocycles. The molecule has 6 atom stereocenters. The molecule has 1 aliphatic carbocycles. The number of carbonyl (C=O) groups is 3. The Kier molecular flexibility index (Phi) is 9.93. The second-order valence-corrected chi connectivity index (χ2v) is 16.4. The zero-order valence-electron chi connectivity index (χ0n) is 32.3. The summed E-state index contributed by atoms with van der Waals surface area (Å²) in [7, 11) is 1.69. The SMILES string of the molecule is CCn1c(-c2cccnc2[C@H](C)OC)c2c3cc(ccc31)-c1cc(O)cc(c1)C[C@H](NC(=O)C1[C@H]3COC[C@@H]13)C(=O)N1CCC[C@H](N1)C(=O)OCC(C)(C)C2. The Labute approximate surface area is 321 Å². The minimum Gasteiger partial charge on any atom is -0.508 e. The number of benzene rings is 2. The average Bonchev–Trinajstić information content (AvgIpc) is 3.50.